The lowest BCUT2D eigenvalue weighted by Gasteiger charge is -2.19. The highest BCUT2D eigenvalue weighted by Crippen LogP contribution is 2.28. The van der Waals surface area contributed by atoms with E-state index in [0.29, 0.717) is 11.4 Å². The summed E-state index contributed by atoms with van der Waals surface area (Å²) >= 11 is 0. The Kier molecular flexibility index (Phi) is 4.50. The number of fused-ring (bicyclic) bond motifs is 1. The van der Waals surface area contributed by atoms with Crippen molar-refractivity contribution in [3.05, 3.63) is 59.9 Å². The number of hydrogen-bond donors (Lipinski definition) is 1. The minimum atomic E-state index is -0.610. The van der Waals surface area contributed by atoms with Crippen LogP contribution in [0.4, 0.5) is 0 Å². The van der Waals surface area contributed by atoms with Crippen LogP contribution in [-0.2, 0) is 4.79 Å². The van der Waals surface area contributed by atoms with Crippen molar-refractivity contribution in [1.82, 2.24) is 15.0 Å². The predicted molar refractivity (Wildman–Crippen MR) is 99.3 cm³/mol. The van der Waals surface area contributed by atoms with E-state index < -0.39 is 11.4 Å². The highest BCUT2D eigenvalue weighted by molar-refractivity contribution is 5.90. The molecule has 26 heavy (non-hydrogen) atoms. The number of allylic oxidation sites excluding steroid dienone is 1. The van der Waals surface area contributed by atoms with Gasteiger partial charge in [0.2, 0.25) is 0 Å². The Morgan fingerprint density at radius 1 is 1.00 bits per heavy atom. The van der Waals surface area contributed by atoms with E-state index in [1.54, 1.807) is 25.1 Å². The van der Waals surface area contributed by atoms with Crippen LogP contribution < -0.4 is 4.74 Å². The van der Waals surface area contributed by atoms with Crippen LogP contribution in [0.5, 0.6) is 5.75 Å². The molecule has 0 aliphatic heterocycles. The molecule has 1 N–H and O–H groups in total. The van der Waals surface area contributed by atoms with Gasteiger partial charge in [-0.2, -0.15) is 0 Å². The number of hydrogen-bond acceptors (Lipinski definition) is 5. The molecule has 0 fully saturated rings. The fraction of sp³-hybridized carbons (Fsp3) is 0.250. The number of aliphatic hydroxyl groups excluding tert-OH is 1. The van der Waals surface area contributed by atoms with E-state index in [1.807, 2.05) is 51.1 Å². The molecule has 6 heteroatoms. The van der Waals surface area contributed by atoms with Gasteiger partial charge in [-0.25, -0.2) is 4.79 Å². The van der Waals surface area contributed by atoms with Gasteiger partial charge in [0.15, 0.2) is 5.75 Å². The number of aliphatic hydroxyl groups is 1. The van der Waals surface area contributed by atoms with Gasteiger partial charge < -0.3 is 9.84 Å². The maximum absolute atomic E-state index is 12.5. The minimum Gasteiger partial charge on any atom is -0.511 e. The van der Waals surface area contributed by atoms with Crippen LogP contribution in [0, 0.1) is 5.41 Å². The number of rotatable bonds is 3. The standard InChI is InChI=1S/C20H21N3O3/c1-13(18(24)20(2,3)4)19(25)26-17-12-8-7-11-16(17)23-21-14-9-5-6-10-15(14)22-23/h5-12,24H,1-4H3/b18-13-. The van der Waals surface area contributed by atoms with Crippen LogP contribution in [0.1, 0.15) is 27.7 Å². The molecule has 0 aliphatic carbocycles. The molecule has 0 radical (unpaired) electrons. The number of benzene rings is 2. The zero-order valence-corrected chi connectivity index (χ0v) is 15.2. The molecule has 0 unspecified atom stereocenters. The lowest BCUT2D eigenvalue weighted by Crippen LogP contribution is -2.18. The Morgan fingerprint density at radius 2 is 1.54 bits per heavy atom. The second kappa shape index (κ2) is 6.63. The van der Waals surface area contributed by atoms with Gasteiger partial charge in [-0.15, -0.1) is 15.0 Å². The summed E-state index contributed by atoms with van der Waals surface area (Å²) in [4.78, 5) is 13.9. The molecule has 2 aromatic carbocycles. The van der Waals surface area contributed by atoms with Crippen LogP contribution >= 0.6 is 0 Å². The Bertz CT molecular complexity index is 964. The summed E-state index contributed by atoms with van der Waals surface area (Å²) in [7, 11) is 0. The Morgan fingerprint density at radius 3 is 2.12 bits per heavy atom. The van der Waals surface area contributed by atoms with Gasteiger partial charge in [0.25, 0.3) is 0 Å². The molecule has 3 aromatic rings. The number of ether oxygens (including phenoxy) is 1. The fourth-order valence-corrected chi connectivity index (χ4v) is 2.51. The molecule has 0 bridgehead atoms. The maximum atomic E-state index is 12.5. The van der Waals surface area contributed by atoms with Crippen LogP contribution in [0.25, 0.3) is 16.7 Å². The van der Waals surface area contributed by atoms with Crippen molar-refractivity contribution in [2.45, 2.75) is 27.7 Å². The third-order valence-electron chi connectivity index (χ3n) is 3.94. The third-order valence-corrected chi connectivity index (χ3v) is 3.94. The van der Waals surface area contributed by atoms with Crippen LogP contribution in [0.15, 0.2) is 59.9 Å². The van der Waals surface area contributed by atoms with Crippen molar-refractivity contribution in [2.75, 3.05) is 0 Å². The van der Waals surface area contributed by atoms with Gasteiger partial charge in [0, 0.05) is 5.41 Å². The first kappa shape index (κ1) is 17.7. The second-order valence-electron chi connectivity index (χ2n) is 7.06. The van der Waals surface area contributed by atoms with Crippen LogP contribution in [-0.4, -0.2) is 26.1 Å². The maximum Gasteiger partial charge on any atom is 0.342 e. The molecule has 0 aliphatic rings. The van der Waals surface area contributed by atoms with E-state index in [9.17, 15) is 9.90 Å². The third kappa shape index (κ3) is 3.44. The molecule has 0 saturated carbocycles. The first-order chi connectivity index (χ1) is 12.3. The topological polar surface area (TPSA) is 77.2 Å². The Balaban J connectivity index is 1.96. The van der Waals surface area contributed by atoms with E-state index >= 15 is 0 Å². The molecule has 3 rings (SSSR count). The molecule has 0 amide bonds. The van der Waals surface area contributed by atoms with E-state index in [0.717, 1.165) is 11.0 Å². The average molecular weight is 351 g/mol. The van der Waals surface area contributed by atoms with Gasteiger partial charge in [-0.1, -0.05) is 45.0 Å². The van der Waals surface area contributed by atoms with Crippen molar-refractivity contribution < 1.29 is 14.6 Å². The molecule has 134 valence electrons. The van der Waals surface area contributed by atoms with Gasteiger partial charge in [-0.05, 0) is 31.2 Å². The van der Waals surface area contributed by atoms with Crippen molar-refractivity contribution in [1.29, 1.82) is 0 Å². The monoisotopic (exact) mass is 351 g/mol. The molecular weight excluding hydrogens is 330 g/mol. The van der Waals surface area contributed by atoms with Crippen molar-refractivity contribution in [3.63, 3.8) is 0 Å². The zero-order chi connectivity index (χ0) is 18.9. The Hall–Kier alpha value is -3.15. The molecular formula is C20H21N3O3. The van der Waals surface area contributed by atoms with Gasteiger partial charge in [0.05, 0.1) is 5.57 Å². The summed E-state index contributed by atoms with van der Waals surface area (Å²) in [6.07, 6.45) is 0. The van der Waals surface area contributed by atoms with Gasteiger partial charge in [0.1, 0.15) is 22.5 Å². The molecule has 1 heterocycles. The first-order valence-corrected chi connectivity index (χ1v) is 8.31. The molecule has 1 aromatic heterocycles. The van der Waals surface area contributed by atoms with E-state index in [4.69, 9.17) is 4.74 Å². The summed E-state index contributed by atoms with van der Waals surface area (Å²) in [5.74, 6) is -0.289. The summed E-state index contributed by atoms with van der Waals surface area (Å²) in [6.45, 7) is 7.02. The quantitative estimate of drug-likeness (QED) is 0.331. The van der Waals surface area contributed by atoms with E-state index in [1.165, 1.54) is 4.80 Å². The number of esters is 1. The summed E-state index contributed by atoms with van der Waals surface area (Å²) in [5, 5.41) is 19.1. The lowest BCUT2D eigenvalue weighted by molar-refractivity contribution is -0.130. The summed E-state index contributed by atoms with van der Waals surface area (Å²) in [6, 6.07) is 14.5. The van der Waals surface area contributed by atoms with Crippen molar-refractivity contribution in [3.8, 4) is 11.4 Å². The number of nitrogens with zero attached hydrogens (tertiary/aromatic N) is 3. The molecule has 0 atom stereocenters. The van der Waals surface area contributed by atoms with Crippen LogP contribution in [0.2, 0.25) is 0 Å². The second-order valence-corrected chi connectivity index (χ2v) is 7.06. The number of aromatic nitrogens is 3. The Labute approximate surface area is 151 Å². The largest absolute Gasteiger partial charge is 0.511 e. The minimum absolute atomic E-state index is 0.00272. The SMILES string of the molecule is C/C(C(=O)Oc1ccccc1-n1nc2ccccc2n1)=C(/O)C(C)(C)C. The summed E-state index contributed by atoms with van der Waals surface area (Å²) in [5.41, 5.74) is 1.67. The van der Waals surface area contributed by atoms with Crippen molar-refractivity contribution in [2.24, 2.45) is 5.41 Å². The molecule has 6 nitrogen and oxygen atoms in total. The highest BCUT2D eigenvalue weighted by atomic mass is 16.5. The number of para-hydroxylation sites is 2. The van der Waals surface area contributed by atoms with E-state index in [-0.39, 0.29) is 11.3 Å². The van der Waals surface area contributed by atoms with Gasteiger partial charge >= 0.3 is 5.97 Å². The normalized spacial score (nSPS) is 12.8. The molecule has 0 spiro atoms. The average Bonchev–Trinajstić information content (AvgIpc) is 3.04. The molecule has 0 saturated heterocycles. The highest BCUT2D eigenvalue weighted by Gasteiger charge is 2.24. The summed E-state index contributed by atoms with van der Waals surface area (Å²) < 4.78 is 5.52. The first-order valence-electron chi connectivity index (χ1n) is 8.31. The van der Waals surface area contributed by atoms with E-state index in [2.05, 4.69) is 10.2 Å². The lowest BCUT2D eigenvalue weighted by atomic mass is 9.91. The zero-order valence-electron chi connectivity index (χ0n) is 15.2. The number of carbonyl (C=O) groups excluding carboxylic acids is 1. The van der Waals surface area contributed by atoms with Crippen LogP contribution in [0.3, 0.4) is 0 Å². The van der Waals surface area contributed by atoms with Gasteiger partial charge in [-0.3, -0.25) is 0 Å². The smallest absolute Gasteiger partial charge is 0.342 e. The predicted octanol–water partition coefficient (Wildman–Crippen LogP) is 4.20. The fourth-order valence-electron chi connectivity index (χ4n) is 2.51. The van der Waals surface area contributed by atoms with Crippen molar-refractivity contribution >= 4 is 17.0 Å². The number of carbonyl (C=O) groups is 1.